The highest BCUT2D eigenvalue weighted by Crippen LogP contribution is 2.37. The maximum absolute atomic E-state index is 12.1. The van der Waals surface area contributed by atoms with Gasteiger partial charge in [-0.25, -0.2) is 4.79 Å². The Kier molecular flexibility index (Phi) is 4.24. The molecular formula is C17H10BrClO4. The highest BCUT2D eigenvalue weighted by Gasteiger charge is 2.42. The van der Waals surface area contributed by atoms with Crippen molar-refractivity contribution in [2.75, 3.05) is 0 Å². The third-order valence-electron chi connectivity index (χ3n) is 3.46. The predicted octanol–water partition coefficient (Wildman–Crippen LogP) is 4.24. The zero-order valence-electron chi connectivity index (χ0n) is 11.6. The van der Waals surface area contributed by atoms with Gasteiger partial charge in [-0.15, -0.1) is 0 Å². The first-order valence-electron chi connectivity index (χ1n) is 6.67. The summed E-state index contributed by atoms with van der Waals surface area (Å²) in [6, 6.07) is 13.3. The van der Waals surface area contributed by atoms with E-state index in [0.717, 1.165) is 4.47 Å². The number of cyclic esters (lactones) is 1. The molecule has 1 aliphatic rings. The van der Waals surface area contributed by atoms with Gasteiger partial charge in [0, 0.05) is 15.1 Å². The van der Waals surface area contributed by atoms with Gasteiger partial charge in [-0.2, -0.15) is 0 Å². The van der Waals surface area contributed by atoms with E-state index >= 15 is 0 Å². The summed E-state index contributed by atoms with van der Waals surface area (Å²) < 4.78 is 5.98. The Bertz CT molecular complexity index is 809. The number of aliphatic hydroxyl groups is 1. The van der Waals surface area contributed by atoms with Gasteiger partial charge in [0.05, 0.1) is 5.57 Å². The molecule has 0 aliphatic carbocycles. The van der Waals surface area contributed by atoms with Gasteiger partial charge < -0.3 is 9.84 Å². The van der Waals surface area contributed by atoms with Crippen LogP contribution in [0.5, 0.6) is 0 Å². The second-order valence-electron chi connectivity index (χ2n) is 4.94. The number of benzene rings is 2. The van der Waals surface area contributed by atoms with Gasteiger partial charge in [-0.3, -0.25) is 4.79 Å². The van der Waals surface area contributed by atoms with Crippen molar-refractivity contribution < 1.29 is 19.4 Å². The van der Waals surface area contributed by atoms with E-state index in [-0.39, 0.29) is 11.3 Å². The maximum atomic E-state index is 12.1. The number of ether oxygens (including phenoxy) is 1. The van der Waals surface area contributed by atoms with E-state index in [9.17, 15) is 14.7 Å². The second kappa shape index (κ2) is 6.18. The summed E-state index contributed by atoms with van der Waals surface area (Å²) in [6.07, 6.45) is -0.932. The number of ketones is 1. The van der Waals surface area contributed by atoms with Crippen LogP contribution in [0.3, 0.4) is 0 Å². The van der Waals surface area contributed by atoms with Crippen molar-refractivity contribution >= 4 is 45.0 Å². The van der Waals surface area contributed by atoms with Crippen molar-refractivity contribution in [1.82, 2.24) is 0 Å². The summed E-state index contributed by atoms with van der Waals surface area (Å²) in [7, 11) is 0. The van der Waals surface area contributed by atoms with Crippen LogP contribution in [0.1, 0.15) is 17.2 Å². The van der Waals surface area contributed by atoms with Crippen LogP contribution in [0.15, 0.2) is 58.6 Å². The standard InChI is InChI=1S/C17H10BrClO4/c18-11-5-1-10(2-6-11)16-13(15(21)17(22)23-16)14(20)9-3-7-12(19)8-4-9/h1-8,16,20H/b14-13-. The first-order valence-corrected chi connectivity index (χ1v) is 7.84. The summed E-state index contributed by atoms with van der Waals surface area (Å²) in [6.45, 7) is 0. The number of carbonyl (C=O) groups excluding carboxylic acids is 2. The minimum absolute atomic E-state index is 0.0698. The average molecular weight is 394 g/mol. The van der Waals surface area contributed by atoms with Crippen LogP contribution in [0.2, 0.25) is 5.02 Å². The van der Waals surface area contributed by atoms with Crippen molar-refractivity contribution in [2.45, 2.75) is 6.10 Å². The highest BCUT2D eigenvalue weighted by molar-refractivity contribution is 9.10. The van der Waals surface area contributed by atoms with Crippen molar-refractivity contribution in [3.8, 4) is 0 Å². The Balaban J connectivity index is 2.10. The van der Waals surface area contributed by atoms with Crippen molar-refractivity contribution in [3.05, 3.63) is 74.7 Å². The molecule has 1 N–H and O–H groups in total. The molecule has 1 saturated heterocycles. The Morgan fingerprint density at radius 3 is 2.26 bits per heavy atom. The summed E-state index contributed by atoms with van der Waals surface area (Å²) in [4.78, 5) is 23.8. The van der Waals surface area contributed by atoms with Crippen molar-refractivity contribution in [2.24, 2.45) is 0 Å². The summed E-state index contributed by atoms with van der Waals surface area (Å²) in [5.41, 5.74) is 0.917. The van der Waals surface area contributed by atoms with Gasteiger partial charge in [0.1, 0.15) is 5.76 Å². The van der Waals surface area contributed by atoms with Crippen molar-refractivity contribution in [1.29, 1.82) is 0 Å². The SMILES string of the molecule is O=C1OC(c2ccc(Br)cc2)/C(=C(\O)c2ccc(Cl)cc2)C1=O. The van der Waals surface area contributed by atoms with E-state index < -0.39 is 17.9 Å². The van der Waals surface area contributed by atoms with Crippen LogP contribution < -0.4 is 0 Å². The smallest absolute Gasteiger partial charge is 0.380 e. The molecule has 23 heavy (non-hydrogen) atoms. The lowest BCUT2D eigenvalue weighted by Crippen LogP contribution is -2.08. The Morgan fingerprint density at radius 2 is 1.65 bits per heavy atom. The number of halogens is 2. The number of esters is 1. The molecule has 1 aliphatic heterocycles. The van der Waals surface area contributed by atoms with Crippen molar-refractivity contribution in [3.63, 3.8) is 0 Å². The number of hydrogen-bond acceptors (Lipinski definition) is 4. The Labute approximate surface area is 145 Å². The van der Waals surface area contributed by atoms with Gasteiger partial charge in [0.15, 0.2) is 6.10 Å². The van der Waals surface area contributed by atoms with E-state index in [2.05, 4.69) is 15.9 Å². The first-order chi connectivity index (χ1) is 11.0. The molecule has 0 saturated carbocycles. The average Bonchev–Trinajstić information content (AvgIpc) is 2.84. The molecule has 2 aromatic rings. The molecule has 2 aromatic carbocycles. The molecule has 0 bridgehead atoms. The minimum atomic E-state index is -0.978. The van der Waals surface area contributed by atoms with Gasteiger partial charge in [-0.05, 0) is 42.0 Å². The maximum Gasteiger partial charge on any atom is 0.380 e. The van der Waals surface area contributed by atoms with Crippen LogP contribution in [0.25, 0.3) is 5.76 Å². The number of Topliss-reactive ketones (excluding diaryl/α,β-unsaturated/α-hetero) is 1. The number of rotatable bonds is 2. The lowest BCUT2D eigenvalue weighted by atomic mass is 9.97. The molecular weight excluding hydrogens is 384 g/mol. The van der Waals surface area contributed by atoms with E-state index in [1.807, 2.05) is 0 Å². The van der Waals surface area contributed by atoms with Crippen LogP contribution in [0, 0.1) is 0 Å². The Hall–Kier alpha value is -2.11. The molecule has 0 aromatic heterocycles. The van der Waals surface area contributed by atoms with E-state index in [1.54, 1.807) is 48.5 Å². The molecule has 1 atom stereocenters. The lowest BCUT2D eigenvalue weighted by Gasteiger charge is -2.12. The quantitative estimate of drug-likeness (QED) is 0.359. The van der Waals surface area contributed by atoms with Gasteiger partial charge >= 0.3 is 5.97 Å². The predicted molar refractivity (Wildman–Crippen MR) is 89.0 cm³/mol. The third kappa shape index (κ3) is 3.02. The normalized spacial score (nSPS) is 19.7. The fraction of sp³-hybridized carbons (Fsp3) is 0.0588. The van der Waals surface area contributed by atoms with E-state index in [1.165, 1.54) is 0 Å². The van der Waals surface area contributed by atoms with Gasteiger partial charge in [-0.1, -0.05) is 39.7 Å². The van der Waals surface area contributed by atoms with Crippen LogP contribution in [0.4, 0.5) is 0 Å². The molecule has 1 unspecified atom stereocenters. The Morgan fingerprint density at radius 1 is 1.04 bits per heavy atom. The van der Waals surface area contributed by atoms with Crippen LogP contribution >= 0.6 is 27.5 Å². The van der Waals surface area contributed by atoms with E-state index in [0.29, 0.717) is 16.1 Å². The molecule has 1 fully saturated rings. The molecule has 0 radical (unpaired) electrons. The zero-order valence-corrected chi connectivity index (χ0v) is 14.0. The zero-order chi connectivity index (χ0) is 16.6. The van der Waals surface area contributed by atoms with Gasteiger partial charge in [0.25, 0.3) is 5.78 Å². The minimum Gasteiger partial charge on any atom is -0.507 e. The largest absolute Gasteiger partial charge is 0.507 e. The molecule has 0 amide bonds. The fourth-order valence-electron chi connectivity index (χ4n) is 2.32. The fourth-order valence-corrected chi connectivity index (χ4v) is 2.71. The summed E-state index contributed by atoms with van der Waals surface area (Å²) in [5, 5.41) is 11.0. The lowest BCUT2D eigenvalue weighted by molar-refractivity contribution is -0.149. The molecule has 0 spiro atoms. The first kappa shape index (κ1) is 15.8. The number of carbonyl (C=O) groups is 2. The van der Waals surface area contributed by atoms with Crippen LogP contribution in [-0.4, -0.2) is 16.9 Å². The molecule has 6 heteroatoms. The molecule has 116 valence electrons. The molecule has 4 nitrogen and oxygen atoms in total. The second-order valence-corrected chi connectivity index (χ2v) is 6.29. The van der Waals surface area contributed by atoms with Crippen LogP contribution in [-0.2, 0) is 14.3 Å². The van der Waals surface area contributed by atoms with Gasteiger partial charge in [0.2, 0.25) is 0 Å². The van der Waals surface area contributed by atoms with E-state index in [4.69, 9.17) is 16.3 Å². The molecule has 1 heterocycles. The monoisotopic (exact) mass is 392 g/mol. The molecule has 3 rings (SSSR count). The topological polar surface area (TPSA) is 63.6 Å². The third-order valence-corrected chi connectivity index (χ3v) is 4.24. The number of hydrogen-bond donors (Lipinski definition) is 1. The summed E-state index contributed by atoms with van der Waals surface area (Å²) >= 11 is 9.14. The number of aliphatic hydroxyl groups excluding tert-OH is 1. The highest BCUT2D eigenvalue weighted by atomic mass is 79.9. The summed E-state index contributed by atoms with van der Waals surface area (Å²) in [5.74, 6) is -2.11.